The lowest BCUT2D eigenvalue weighted by atomic mass is 10.3. The van der Waals surface area contributed by atoms with E-state index < -0.39 is 22.5 Å². The van der Waals surface area contributed by atoms with E-state index >= 15 is 0 Å². The lowest BCUT2D eigenvalue weighted by Crippen LogP contribution is -2.10. The molecular formula is C11H10F3N5O2. The first-order valence-corrected chi connectivity index (χ1v) is 5.85. The van der Waals surface area contributed by atoms with E-state index in [2.05, 4.69) is 15.4 Å². The van der Waals surface area contributed by atoms with E-state index in [0.29, 0.717) is 12.4 Å². The Morgan fingerprint density at radius 3 is 2.62 bits per heavy atom. The number of nitro groups is 1. The van der Waals surface area contributed by atoms with Gasteiger partial charge in [0, 0.05) is 18.8 Å². The molecule has 0 atom stereocenters. The number of hydrogen-bond donors (Lipinski definition) is 1. The van der Waals surface area contributed by atoms with Gasteiger partial charge in [-0.1, -0.05) is 0 Å². The van der Waals surface area contributed by atoms with Crippen LogP contribution in [0.3, 0.4) is 0 Å². The predicted molar refractivity (Wildman–Crippen MR) is 67.2 cm³/mol. The summed E-state index contributed by atoms with van der Waals surface area (Å²) in [6.45, 7) is 2.30. The molecule has 0 radical (unpaired) electrons. The van der Waals surface area contributed by atoms with E-state index in [-0.39, 0.29) is 5.82 Å². The van der Waals surface area contributed by atoms with Gasteiger partial charge in [0.25, 0.3) is 0 Å². The van der Waals surface area contributed by atoms with Crippen molar-refractivity contribution in [2.75, 3.05) is 11.9 Å². The molecule has 7 nitrogen and oxygen atoms in total. The molecule has 10 heteroatoms. The van der Waals surface area contributed by atoms with E-state index in [1.807, 2.05) is 0 Å². The third-order valence-corrected chi connectivity index (χ3v) is 2.51. The summed E-state index contributed by atoms with van der Waals surface area (Å²) >= 11 is 0. The lowest BCUT2D eigenvalue weighted by molar-refractivity contribution is -0.384. The topological polar surface area (TPSA) is 85.9 Å². The Labute approximate surface area is 116 Å². The fourth-order valence-corrected chi connectivity index (χ4v) is 1.62. The van der Waals surface area contributed by atoms with Gasteiger partial charge >= 0.3 is 11.9 Å². The molecule has 0 spiro atoms. The van der Waals surface area contributed by atoms with Gasteiger partial charge < -0.3 is 5.32 Å². The second-order valence-corrected chi connectivity index (χ2v) is 3.97. The molecule has 0 fully saturated rings. The van der Waals surface area contributed by atoms with Gasteiger partial charge in [-0.3, -0.25) is 10.1 Å². The number of pyridine rings is 1. The molecule has 0 bridgehead atoms. The average molecular weight is 301 g/mol. The van der Waals surface area contributed by atoms with Crippen LogP contribution in [0.4, 0.5) is 24.7 Å². The summed E-state index contributed by atoms with van der Waals surface area (Å²) in [5.41, 5.74) is -1.58. The molecule has 0 amide bonds. The van der Waals surface area contributed by atoms with Crippen LogP contribution in [0.25, 0.3) is 5.82 Å². The van der Waals surface area contributed by atoms with Crippen molar-refractivity contribution in [3.63, 3.8) is 0 Å². The zero-order chi connectivity index (χ0) is 15.6. The fraction of sp³-hybridized carbons (Fsp3) is 0.273. The van der Waals surface area contributed by atoms with Gasteiger partial charge in [0.2, 0.25) is 5.82 Å². The van der Waals surface area contributed by atoms with Crippen LogP contribution in [0.1, 0.15) is 12.6 Å². The van der Waals surface area contributed by atoms with Crippen LogP contribution in [-0.4, -0.2) is 26.2 Å². The highest BCUT2D eigenvalue weighted by Gasteiger charge is 2.34. The molecule has 0 saturated carbocycles. The second-order valence-electron chi connectivity index (χ2n) is 3.97. The van der Waals surface area contributed by atoms with Gasteiger partial charge in [-0.05, 0) is 19.1 Å². The second kappa shape index (κ2) is 5.38. The molecule has 21 heavy (non-hydrogen) atoms. The van der Waals surface area contributed by atoms with Crippen molar-refractivity contribution in [3.8, 4) is 5.82 Å². The summed E-state index contributed by atoms with van der Waals surface area (Å²) < 4.78 is 38.3. The third-order valence-electron chi connectivity index (χ3n) is 2.51. The maximum absolute atomic E-state index is 12.5. The smallest absolute Gasteiger partial charge is 0.370 e. The van der Waals surface area contributed by atoms with Crippen LogP contribution in [0, 0.1) is 10.1 Å². The van der Waals surface area contributed by atoms with Crippen molar-refractivity contribution in [1.82, 2.24) is 14.8 Å². The number of halogens is 3. The van der Waals surface area contributed by atoms with Crippen LogP contribution < -0.4 is 5.32 Å². The Morgan fingerprint density at radius 2 is 2.10 bits per heavy atom. The van der Waals surface area contributed by atoms with Gasteiger partial charge in [0.05, 0.1) is 4.92 Å². The molecule has 2 rings (SSSR count). The van der Waals surface area contributed by atoms with Crippen molar-refractivity contribution >= 4 is 11.5 Å². The van der Waals surface area contributed by atoms with Crippen molar-refractivity contribution in [3.05, 3.63) is 40.2 Å². The first-order valence-electron chi connectivity index (χ1n) is 5.85. The van der Waals surface area contributed by atoms with E-state index in [1.54, 1.807) is 6.92 Å². The number of nitrogens with one attached hydrogen (secondary N) is 1. The van der Waals surface area contributed by atoms with Crippen molar-refractivity contribution in [1.29, 1.82) is 0 Å². The standard InChI is InChI=1S/C11H10F3N5O2/c1-2-15-9-4-3-7(19(20)21)10(16-9)18-6-5-8(17-18)11(12,13)14/h3-6H,2H2,1H3,(H,15,16). The predicted octanol–water partition coefficient (Wildman–Crippen LogP) is 2.63. The van der Waals surface area contributed by atoms with E-state index in [9.17, 15) is 23.3 Å². The van der Waals surface area contributed by atoms with Gasteiger partial charge in [-0.15, -0.1) is 0 Å². The van der Waals surface area contributed by atoms with Crippen LogP contribution in [0.5, 0.6) is 0 Å². The van der Waals surface area contributed by atoms with E-state index in [1.165, 1.54) is 6.07 Å². The maximum Gasteiger partial charge on any atom is 0.435 e. The Morgan fingerprint density at radius 1 is 1.38 bits per heavy atom. The third kappa shape index (κ3) is 3.09. The van der Waals surface area contributed by atoms with Gasteiger partial charge in [-0.2, -0.15) is 18.3 Å². The Balaban J connectivity index is 2.52. The summed E-state index contributed by atoms with van der Waals surface area (Å²) in [5, 5.41) is 17.1. The normalized spacial score (nSPS) is 11.4. The van der Waals surface area contributed by atoms with E-state index in [4.69, 9.17) is 0 Å². The van der Waals surface area contributed by atoms with Crippen molar-refractivity contribution < 1.29 is 18.1 Å². The maximum atomic E-state index is 12.5. The molecule has 0 aromatic carbocycles. The highest BCUT2D eigenvalue weighted by Crippen LogP contribution is 2.29. The summed E-state index contributed by atoms with van der Waals surface area (Å²) in [6, 6.07) is 3.26. The highest BCUT2D eigenvalue weighted by molar-refractivity contribution is 5.52. The number of hydrogen-bond acceptors (Lipinski definition) is 5. The monoisotopic (exact) mass is 301 g/mol. The first-order chi connectivity index (χ1) is 9.82. The SMILES string of the molecule is CCNc1ccc([N+](=O)[O-])c(-n2ccc(C(F)(F)F)n2)n1. The van der Waals surface area contributed by atoms with Crippen molar-refractivity contribution in [2.45, 2.75) is 13.1 Å². The first kappa shape index (κ1) is 14.8. The van der Waals surface area contributed by atoms with Gasteiger partial charge in [-0.25, -0.2) is 9.67 Å². The molecule has 1 N–H and O–H groups in total. The minimum Gasteiger partial charge on any atom is -0.370 e. The summed E-state index contributed by atoms with van der Waals surface area (Å²) in [5.74, 6) is 0.0242. The number of aromatic nitrogens is 3. The minimum absolute atomic E-state index is 0.283. The molecule has 0 saturated heterocycles. The molecule has 2 aromatic rings. The molecule has 0 aliphatic rings. The molecule has 0 aliphatic heterocycles. The summed E-state index contributed by atoms with van der Waals surface area (Å²) in [4.78, 5) is 14.2. The molecule has 0 unspecified atom stereocenters. The van der Waals surface area contributed by atoms with Crippen LogP contribution in [0.15, 0.2) is 24.4 Å². The number of alkyl halides is 3. The van der Waals surface area contributed by atoms with Gasteiger partial charge in [0.1, 0.15) is 5.82 Å². The number of nitrogens with zero attached hydrogens (tertiary/aromatic N) is 4. The lowest BCUT2D eigenvalue weighted by Gasteiger charge is -2.06. The molecular weight excluding hydrogens is 291 g/mol. The van der Waals surface area contributed by atoms with E-state index in [0.717, 1.165) is 23.0 Å². The van der Waals surface area contributed by atoms with Crippen LogP contribution >= 0.6 is 0 Å². The van der Waals surface area contributed by atoms with Crippen LogP contribution in [-0.2, 0) is 6.18 Å². The molecule has 0 aliphatic carbocycles. The largest absolute Gasteiger partial charge is 0.435 e. The zero-order valence-corrected chi connectivity index (χ0v) is 10.8. The van der Waals surface area contributed by atoms with Gasteiger partial charge in [0.15, 0.2) is 5.69 Å². The molecule has 112 valence electrons. The number of anilines is 1. The van der Waals surface area contributed by atoms with Crippen molar-refractivity contribution in [2.24, 2.45) is 0 Å². The fourth-order valence-electron chi connectivity index (χ4n) is 1.62. The quantitative estimate of drug-likeness (QED) is 0.693. The average Bonchev–Trinajstić information content (AvgIpc) is 2.88. The summed E-state index contributed by atoms with van der Waals surface area (Å²) in [7, 11) is 0. The summed E-state index contributed by atoms with van der Waals surface area (Å²) in [6.07, 6.45) is -3.65. The molecule has 2 heterocycles. The highest BCUT2D eigenvalue weighted by atomic mass is 19.4. The van der Waals surface area contributed by atoms with Crippen LogP contribution in [0.2, 0.25) is 0 Å². The molecule has 2 aromatic heterocycles. The number of rotatable bonds is 4. The Bertz CT molecular complexity index is 668. The zero-order valence-electron chi connectivity index (χ0n) is 10.8. The Kier molecular flexibility index (Phi) is 3.78. The minimum atomic E-state index is -4.63. The Hall–Kier alpha value is -2.65.